The van der Waals surface area contributed by atoms with E-state index in [9.17, 15) is 9.59 Å². The Labute approximate surface area is 202 Å². The molecule has 1 aromatic heterocycles. The third kappa shape index (κ3) is 6.24. The Balaban J connectivity index is 1.67. The molecule has 0 radical (unpaired) electrons. The van der Waals surface area contributed by atoms with E-state index in [0.717, 1.165) is 11.3 Å². The highest BCUT2D eigenvalue weighted by atomic mass is 35.5. The van der Waals surface area contributed by atoms with E-state index >= 15 is 0 Å². The molecule has 3 rings (SSSR count). The molecule has 0 unspecified atom stereocenters. The van der Waals surface area contributed by atoms with Gasteiger partial charge in [0.25, 0.3) is 5.91 Å². The zero-order valence-corrected chi connectivity index (χ0v) is 20.3. The molecule has 0 aliphatic heterocycles. The third-order valence-corrected chi connectivity index (χ3v) is 6.33. The Morgan fingerprint density at radius 1 is 1.18 bits per heavy atom. The minimum atomic E-state index is -0.431. The van der Waals surface area contributed by atoms with Gasteiger partial charge in [0, 0.05) is 12.2 Å². The average Bonchev–Trinajstić information content (AvgIpc) is 3.18. The van der Waals surface area contributed by atoms with E-state index < -0.39 is 6.04 Å². The maximum Gasteiger partial charge on any atom is 0.253 e. The highest BCUT2D eigenvalue weighted by Crippen LogP contribution is 2.23. The number of nitrogens with one attached hydrogen (secondary N) is 2. The SMILES string of the molecule is C=CCn1c(SCC(=O)Nc2ccc(C)c(C)c2)nnc1[C@@H](C)NC(=O)c1ccccc1Cl. The molecule has 0 aliphatic rings. The van der Waals surface area contributed by atoms with Crippen molar-refractivity contribution in [2.45, 2.75) is 38.5 Å². The molecular formula is C24H26ClN5O2S. The van der Waals surface area contributed by atoms with Crippen LogP contribution in [0.25, 0.3) is 0 Å². The molecule has 9 heteroatoms. The number of nitrogens with zero attached hydrogens (tertiary/aromatic N) is 3. The number of anilines is 1. The maximum atomic E-state index is 12.6. The first-order valence-electron chi connectivity index (χ1n) is 10.4. The summed E-state index contributed by atoms with van der Waals surface area (Å²) in [5.41, 5.74) is 3.43. The van der Waals surface area contributed by atoms with Crippen molar-refractivity contribution in [2.24, 2.45) is 0 Å². The molecule has 0 bridgehead atoms. The number of rotatable bonds is 9. The van der Waals surface area contributed by atoms with Crippen molar-refractivity contribution < 1.29 is 9.59 Å². The Hall–Kier alpha value is -3.10. The van der Waals surface area contributed by atoms with Crippen molar-refractivity contribution in [3.63, 3.8) is 0 Å². The molecule has 2 aromatic carbocycles. The van der Waals surface area contributed by atoms with Crippen molar-refractivity contribution >= 4 is 40.9 Å². The van der Waals surface area contributed by atoms with Gasteiger partial charge < -0.3 is 15.2 Å². The fraction of sp³-hybridized carbons (Fsp3) is 0.250. The van der Waals surface area contributed by atoms with Crippen LogP contribution < -0.4 is 10.6 Å². The molecule has 2 N–H and O–H groups in total. The lowest BCUT2D eigenvalue weighted by Crippen LogP contribution is -2.29. The van der Waals surface area contributed by atoms with Gasteiger partial charge in [-0.15, -0.1) is 16.8 Å². The fourth-order valence-corrected chi connectivity index (χ4v) is 4.13. The molecule has 0 fully saturated rings. The molecule has 2 amide bonds. The minimum absolute atomic E-state index is 0.141. The van der Waals surface area contributed by atoms with Gasteiger partial charge in [0.15, 0.2) is 11.0 Å². The molecule has 0 saturated carbocycles. The standard InChI is InChI=1S/C24H26ClN5O2S/c1-5-12-30-22(17(4)26-23(32)19-8-6-7-9-20(19)25)28-29-24(30)33-14-21(31)27-18-11-10-15(2)16(3)13-18/h5-11,13,17H,1,12,14H2,2-4H3,(H,26,32)(H,27,31)/t17-/m1/s1. The summed E-state index contributed by atoms with van der Waals surface area (Å²) in [6, 6.07) is 12.2. The molecule has 172 valence electrons. The Morgan fingerprint density at radius 3 is 2.64 bits per heavy atom. The van der Waals surface area contributed by atoms with Crippen LogP contribution in [0.4, 0.5) is 5.69 Å². The lowest BCUT2D eigenvalue weighted by molar-refractivity contribution is -0.113. The number of hydrogen-bond donors (Lipinski definition) is 2. The van der Waals surface area contributed by atoms with Crippen LogP contribution in [0.5, 0.6) is 0 Å². The van der Waals surface area contributed by atoms with Gasteiger partial charge >= 0.3 is 0 Å². The van der Waals surface area contributed by atoms with Crippen LogP contribution in [-0.4, -0.2) is 32.3 Å². The molecule has 1 heterocycles. The van der Waals surface area contributed by atoms with Crippen molar-refractivity contribution in [1.82, 2.24) is 20.1 Å². The van der Waals surface area contributed by atoms with Crippen LogP contribution in [0.3, 0.4) is 0 Å². The number of benzene rings is 2. The van der Waals surface area contributed by atoms with Crippen molar-refractivity contribution in [3.8, 4) is 0 Å². The molecule has 7 nitrogen and oxygen atoms in total. The number of carbonyl (C=O) groups is 2. The first-order valence-corrected chi connectivity index (χ1v) is 11.8. The van der Waals surface area contributed by atoms with E-state index in [1.807, 2.05) is 43.5 Å². The molecule has 0 spiro atoms. The van der Waals surface area contributed by atoms with Crippen LogP contribution >= 0.6 is 23.4 Å². The van der Waals surface area contributed by atoms with Gasteiger partial charge in [-0.3, -0.25) is 9.59 Å². The van der Waals surface area contributed by atoms with Gasteiger partial charge in [0.1, 0.15) is 0 Å². The minimum Gasteiger partial charge on any atom is -0.342 e. The molecule has 3 aromatic rings. The Morgan fingerprint density at radius 2 is 1.94 bits per heavy atom. The highest BCUT2D eigenvalue weighted by Gasteiger charge is 2.21. The Bertz CT molecular complexity index is 1180. The molecule has 1 atom stereocenters. The van der Waals surface area contributed by atoms with Crippen molar-refractivity contribution in [2.75, 3.05) is 11.1 Å². The van der Waals surface area contributed by atoms with Gasteiger partial charge in [-0.25, -0.2) is 0 Å². The van der Waals surface area contributed by atoms with Crippen molar-refractivity contribution in [3.05, 3.63) is 82.7 Å². The van der Waals surface area contributed by atoms with E-state index in [0.29, 0.717) is 28.1 Å². The summed E-state index contributed by atoms with van der Waals surface area (Å²) in [6.07, 6.45) is 1.72. The van der Waals surface area contributed by atoms with Crippen LogP contribution in [-0.2, 0) is 11.3 Å². The summed E-state index contributed by atoms with van der Waals surface area (Å²) in [4.78, 5) is 25.1. The first kappa shape index (κ1) is 24.5. The normalized spacial score (nSPS) is 11.6. The van der Waals surface area contributed by atoms with Crippen LogP contribution in [0.15, 0.2) is 60.3 Å². The smallest absolute Gasteiger partial charge is 0.253 e. The van der Waals surface area contributed by atoms with Gasteiger partial charge in [-0.2, -0.15) is 0 Å². The number of thioether (sulfide) groups is 1. The number of carbonyl (C=O) groups excluding carboxylic acids is 2. The summed E-state index contributed by atoms with van der Waals surface area (Å²) in [5.74, 6) is 0.288. The van der Waals surface area contributed by atoms with Gasteiger partial charge in [-0.1, -0.05) is 47.6 Å². The molecule has 0 aliphatic carbocycles. The summed E-state index contributed by atoms with van der Waals surface area (Å²) < 4.78 is 1.83. The zero-order chi connectivity index (χ0) is 24.0. The number of aromatic nitrogens is 3. The quantitative estimate of drug-likeness (QED) is 0.332. The van der Waals surface area contributed by atoms with E-state index in [1.165, 1.54) is 17.3 Å². The summed E-state index contributed by atoms with van der Waals surface area (Å²) in [5, 5.41) is 15.2. The van der Waals surface area contributed by atoms with E-state index in [1.54, 1.807) is 30.3 Å². The van der Waals surface area contributed by atoms with Crippen molar-refractivity contribution in [1.29, 1.82) is 0 Å². The third-order valence-electron chi connectivity index (χ3n) is 5.03. The number of halogens is 1. The fourth-order valence-electron chi connectivity index (χ4n) is 3.16. The molecule has 33 heavy (non-hydrogen) atoms. The summed E-state index contributed by atoms with van der Waals surface area (Å²) in [6.45, 7) is 10.1. The lowest BCUT2D eigenvalue weighted by Gasteiger charge is -2.15. The predicted octanol–water partition coefficient (Wildman–Crippen LogP) is 4.96. The molecule has 0 saturated heterocycles. The van der Waals surface area contributed by atoms with E-state index in [4.69, 9.17) is 11.6 Å². The number of amides is 2. The predicted molar refractivity (Wildman–Crippen MR) is 133 cm³/mol. The largest absolute Gasteiger partial charge is 0.342 e. The second-order valence-electron chi connectivity index (χ2n) is 7.55. The first-order chi connectivity index (χ1) is 15.8. The second-order valence-corrected chi connectivity index (χ2v) is 8.90. The summed E-state index contributed by atoms with van der Waals surface area (Å²) >= 11 is 7.40. The van der Waals surface area contributed by atoms with Crippen LogP contribution in [0.2, 0.25) is 5.02 Å². The number of hydrogen-bond acceptors (Lipinski definition) is 5. The Kier molecular flexibility index (Phi) is 8.30. The average molecular weight is 484 g/mol. The maximum absolute atomic E-state index is 12.6. The van der Waals surface area contributed by atoms with Gasteiger partial charge in [0.2, 0.25) is 5.91 Å². The number of aryl methyl sites for hydroxylation is 2. The second kappa shape index (κ2) is 11.2. The van der Waals surface area contributed by atoms with Crippen LogP contribution in [0.1, 0.15) is 40.3 Å². The van der Waals surface area contributed by atoms with E-state index in [-0.39, 0.29) is 17.6 Å². The lowest BCUT2D eigenvalue weighted by atomic mass is 10.1. The zero-order valence-electron chi connectivity index (χ0n) is 18.8. The monoisotopic (exact) mass is 483 g/mol. The van der Waals surface area contributed by atoms with Gasteiger partial charge in [-0.05, 0) is 56.2 Å². The van der Waals surface area contributed by atoms with Gasteiger partial charge in [0.05, 0.1) is 22.4 Å². The molecular weight excluding hydrogens is 458 g/mol. The summed E-state index contributed by atoms with van der Waals surface area (Å²) in [7, 11) is 0. The van der Waals surface area contributed by atoms with Crippen LogP contribution in [0, 0.1) is 13.8 Å². The number of allylic oxidation sites excluding steroid dienone is 1. The van der Waals surface area contributed by atoms with E-state index in [2.05, 4.69) is 27.4 Å². The highest BCUT2D eigenvalue weighted by molar-refractivity contribution is 7.99. The topological polar surface area (TPSA) is 88.9 Å².